The number of hydrogen-bond acceptors (Lipinski definition) is 6. The number of ether oxygens (including phenoxy) is 1. The number of nitrogens with zero attached hydrogens (tertiary/aromatic N) is 3. The zero-order valence-corrected chi connectivity index (χ0v) is 16.6. The zero-order valence-electron chi connectivity index (χ0n) is 16.6. The molecule has 1 unspecified atom stereocenters. The van der Waals surface area contributed by atoms with E-state index in [0.717, 1.165) is 43.5 Å². The summed E-state index contributed by atoms with van der Waals surface area (Å²) in [6.45, 7) is 1.16. The van der Waals surface area contributed by atoms with Crippen molar-refractivity contribution in [3.8, 4) is 5.75 Å². The van der Waals surface area contributed by atoms with E-state index in [9.17, 15) is 9.59 Å². The molecule has 1 atom stereocenters. The van der Waals surface area contributed by atoms with Crippen molar-refractivity contribution in [2.45, 2.75) is 51.1 Å². The second kappa shape index (κ2) is 8.63. The van der Waals surface area contributed by atoms with Crippen LogP contribution in [-0.4, -0.2) is 40.5 Å². The maximum absolute atomic E-state index is 12.4. The predicted molar refractivity (Wildman–Crippen MR) is 104 cm³/mol. The first kappa shape index (κ1) is 19.4. The van der Waals surface area contributed by atoms with E-state index in [2.05, 4.69) is 15.5 Å². The maximum Gasteiger partial charge on any atom is 0.227 e. The molecule has 8 nitrogen and oxygen atoms in total. The summed E-state index contributed by atoms with van der Waals surface area (Å²) in [6.07, 6.45) is 4.42. The predicted octanol–water partition coefficient (Wildman–Crippen LogP) is 2.40. The Hall–Kier alpha value is -2.90. The topological polar surface area (TPSA) is 97.6 Å². The molecule has 2 heterocycles. The minimum absolute atomic E-state index is 0.0953. The van der Waals surface area contributed by atoms with Gasteiger partial charge in [0.1, 0.15) is 5.75 Å². The van der Waals surface area contributed by atoms with Crippen molar-refractivity contribution in [2.75, 3.05) is 13.7 Å². The van der Waals surface area contributed by atoms with E-state index in [0.29, 0.717) is 24.7 Å². The van der Waals surface area contributed by atoms with Gasteiger partial charge < -0.3 is 19.5 Å². The largest absolute Gasteiger partial charge is 0.496 e. The van der Waals surface area contributed by atoms with Crippen LogP contribution in [0.25, 0.3) is 0 Å². The Labute approximate surface area is 169 Å². The van der Waals surface area contributed by atoms with Crippen molar-refractivity contribution < 1.29 is 18.8 Å². The summed E-state index contributed by atoms with van der Waals surface area (Å²) in [7, 11) is 1.61. The molecule has 2 aromatic rings. The van der Waals surface area contributed by atoms with Gasteiger partial charge in [0.2, 0.25) is 17.7 Å². The number of aryl methyl sites for hydroxylation is 1. The molecule has 2 fully saturated rings. The zero-order chi connectivity index (χ0) is 20.2. The summed E-state index contributed by atoms with van der Waals surface area (Å²) in [5, 5.41) is 6.96. The van der Waals surface area contributed by atoms with Crippen LogP contribution in [0.2, 0.25) is 0 Å². The van der Waals surface area contributed by atoms with E-state index in [1.807, 2.05) is 29.2 Å². The van der Waals surface area contributed by atoms with Gasteiger partial charge in [-0.15, -0.1) is 0 Å². The highest BCUT2D eigenvalue weighted by molar-refractivity contribution is 5.81. The highest BCUT2D eigenvalue weighted by atomic mass is 16.5. The summed E-state index contributed by atoms with van der Waals surface area (Å²) in [5.41, 5.74) is 0.921. The van der Waals surface area contributed by atoms with Crippen LogP contribution >= 0.6 is 0 Å². The monoisotopic (exact) mass is 398 g/mol. The average Bonchev–Trinajstić information content (AvgIpc) is 3.29. The summed E-state index contributed by atoms with van der Waals surface area (Å²) in [4.78, 5) is 31.0. The number of carbonyl (C=O) groups excluding carboxylic acids is 2. The van der Waals surface area contributed by atoms with Crippen LogP contribution in [0.5, 0.6) is 5.75 Å². The highest BCUT2D eigenvalue weighted by Crippen LogP contribution is 2.37. The van der Waals surface area contributed by atoms with Crippen LogP contribution in [0, 0.1) is 5.92 Å². The first-order chi connectivity index (χ1) is 14.2. The highest BCUT2D eigenvalue weighted by Gasteiger charge is 2.40. The molecular weight excluding hydrogens is 372 g/mol. The molecule has 1 N–H and O–H groups in total. The van der Waals surface area contributed by atoms with E-state index in [1.54, 1.807) is 7.11 Å². The number of carbonyl (C=O) groups is 2. The van der Waals surface area contributed by atoms with Crippen molar-refractivity contribution in [3.63, 3.8) is 0 Å². The molecule has 1 aliphatic carbocycles. The lowest BCUT2D eigenvalue weighted by atomic mass is 10.2. The Morgan fingerprint density at radius 2 is 2.10 bits per heavy atom. The third-order valence-electron chi connectivity index (χ3n) is 5.48. The fourth-order valence-electron chi connectivity index (χ4n) is 3.72. The van der Waals surface area contributed by atoms with Crippen LogP contribution in [0.4, 0.5) is 0 Å². The molecule has 0 radical (unpaired) electrons. The Kier molecular flexibility index (Phi) is 5.78. The van der Waals surface area contributed by atoms with Gasteiger partial charge in [-0.25, -0.2) is 0 Å². The molecule has 2 amide bonds. The van der Waals surface area contributed by atoms with Gasteiger partial charge >= 0.3 is 0 Å². The molecule has 2 aliphatic rings. The number of aromatic nitrogens is 2. The lowest BCUT2D eigenvalue weighted by Crippen LogP contribution is -2.32. The number of rotatable bonds is 8. The first-order valence-corrected chi connectivity index (χ1v) is 10.2. The van der Waals surface area contributed by atoms with Gasteiger partial charge in [0, 0.05) is 37.4 Å². The number of amides is 2. The number of benzene rings is 1. The van der Waals surface area contributed by atoms with Gasteiger partial charge in [-0.3, -0.25) is 9.59 Å². The van der Waals surface area contributed by atoms with Gasteiger partial charge in [0.15, 0.2) is 5.82 Å². The maximum atomic E-state index is 12.4. The Morgan fingerprint density at radius 3 is 2.90 bits per heavy atom. The first-order valence-electron chi connectivity index (χ1n) is 10.2. The average molecular weight is 398 g/mol. The quantitative estimate of drug-likeness (QED) is 0.733. The number of para-hydroxylation sites is 1. The summed E-state index contributed by atoms with van der Waals surface area (Å²) in [6, 6.07) is 7.48. The molecule has 1 aromatic carbocycles. The summed E-state index contributed by atoms with van der Waals surface area (Å²) < 4.78 is 10.6. The van der Waals surface area contributed by atoms with E-state index in [4.69, 9.17) is 9.26 Å². The number of likely N-dealkylation sites (tertiary alicyclic amines) is 1. The van der Waals surface area contributed by atoms with Crippen LogP contribution in [0.3, 0.4) is 0 Å². The van der Waals surface area contributed by atoms with Crippen LogP contribution in [0.1, 0.15) is 55.4 Å². The number of hydrogen-bond donors (Lipinski definition) is 1. The third-order valence-corrected chi connectivity index (χ3v) is 5.48. The Balaban J connectivity index is 1.28. The van der Waals surface area contributed by atoms with Crippen molar-refractivity contribution in [3.05, 3.63) is 41.5 Å². The van der Waals surface area contributed by atoms with Gasteiger partial charge in [-0.2, -0.15) is 4.98 Å². The van der Waals surface area contributed by atoms with Gasteiger partial charge in [-0.05, 0) is 31.7 Å². The Morgan fingerprint density at radius 1 is 1.28 bits per heavy atom. The number of nitrogens with one attached hydrogen (secondary N) is 1. The van der Waals surface area contributed by atoms with Gasteiger partial charge in [0.05, 0.1) is 13.2 Å². The van der Waals surface area contributed by atoms with E-state index in [1.165, 1.54) is 0 Å². The smallest absolute Gasteiger partial charge is 0.227 e. The Bertz CT molecular complexity index is 877. The van der Waals surface area contributed by atoms with E-state index >= 15 is 0 Å². The van der Waals surface area contributed by atoms with Gasteiger partial charge in [-0.1, -0.05) is 23.4 Å². The minimum Gasteiger partial charge on any atom is -0.496 e. The fourth-order valence-corrected chi connectivity index (χ4v) is 3.72. The molecule has 29 heavy (non-hydrogen) atoms. The van der Waals surface area contributed by atoms with Crippen molar-refractivity contribution in [1.29, 1.82) is 0 Å². The molecule has 1 saturated heterocycles. The molecule has 1 saturated carbocycles. The molecular formula is C21H26N4O4. The second-order valence-corrected chi connectivity index (χ2v) is 7.60. The van der Waals surface area contributed by atoms with Crippen LogP contribution in [-0.2, 0) is 22.6 Å². The van der Waals surface area contributed by atoms with Crippen molar-refractivity contribution >= 4 is 11.8 Å². The standard InChI is InChI=1S/C21H26N4O4/c1-28-17-7-3-2-5-15(17)13-22-18(26)10-11-19-23-20(24-29-19)16-6-4-12-25(16)21(27)14-8-9-14/h2-3,5,7,14,16H,4,6,8-13H2,1H3,(H,22,26). The SMILES string of the molecule is COc1ccccc1CNC(=O)CCc1nc(C2CCCN2C(=O)C2CC2)no1. The van der Waals surface area contributed by atoms with Crippen molar-refractivity contribution in [2.24, 2.45) is 5.92 Å². The van der Waals surface area contributed by atoms with Gasteiger partial charge in [0.25, 0.3) is 0 Å². The lowest BCUT2D eigenvalue weighted by Gasteiger charge is -2.21. The minimum atomic E-state index is -0.0972. The van der Waals surface area contributed by atoms with Crippen molar-refractivity contribution in [1.82, 2.24) is 20.4 Å². The van der Waals surface area contributed by atoms with E-state index < -0.39 is 0 Å². The molecule has 0 bridgehead atoms. The number of methoxy groups -OCH3 is 1. The third kappa shape index (κ3) is 4.58. The lowest BCUT2D eigenvalue weighted by molar-refractivity contribution is -0.133. The molecule has 154 valence electrons. The summed E-state index contributed by atoms with van der Waals surface area (Å²) >= 11 is 0. The van der Waals surface area contributed by atoms with Crippen LogP contribution < -0.4 is 10.1 Å². The van der Waals surface area contributed by atoms with Crippen LogP contribution in [0.15, 0.2) is 28.8 Å². The molecule has 4 rings (SSSR count). The summed E-state index contributed by atoms with van der Waals surface area (Å²) in [5.74, 6) is 2.04. The second-order valence-electron chi connectivity index (χ2n) is 7.60. The molecule has 0 spiro atoms. The fraction of sp³-hybridized carbons (Fsp3) is 0.524. The van der Waals surface area contributed by atoms with E-state index in [-0.39, 0.29) is 30.2 Å². The molecule has 1 aromatic heterocycles. The molecule has 8 heteroatoms. The normalized spacial score (nSPS) is 18.7. The molecule has 1 aliphatic heterocycles.